The van der Waals surface area contributed by atoms with Crippen LogP contribution in [0.25, 0.3) is 0 Å². The molecule has 0 unspecified atom stereocenters. The number of carboxylic acid groups (broad SMARTS) is 1. The van der Waals surface area contributed by atoms with Gasteiger partial charge in [-0.3, -0.25) is 0 Å². The third kappa shape index (κ3) is 30.2. The molecule has 0 rings (SSSR count). The summed E-state index contributed by atoms with van der Waals surface area (Å²) in [5.74, 6) is 0. The summed E-state index contributed by atoms with van der Waals surface area (Å²) in [7, 11) is 0. The van der Waals surface area contributed by atoms with Crippen LogP contribution in [0.2, 0.25) is 0 Å². The van der Waals surface area contributed by atoms with Crippen molar-refractivity contribution >= 4 is 29.3 Å². The summed E-state index contributed by atoms with van der Waals surface area (Å²) in [6.07, 6.45) is 0. The minimum atomic E-state index is -0.667. The summed E-state index contributed by atoms with van der Waals surface area (Å²) < 4.78 is -0.667. The van der Waals surface area contributed by atoms with E-state index in [9.17, 15) is 0 Å². The normalized spacial score (nSPS) is 5.75. The first kappa shape index (κ1) is 4.39. The Balaban J connectivity index is 2.80. The van der Waals surface area contributed by atoms with Crippen molar-refractivity contribution in [3.8, 4) is 0 Å². The first-order chi connectivity index (χ1) is 1.73. The van der Waals surface area contributed by atoms with Gasteiger partial charge in [-0.05, 0) is 0 Å². The molecule has 0 aliphatic heterocycles. The Labute approximate surface area is 39.5 Å². The van der Waals surface area contributed by atoms with Crippen molar-refractivity contribution in [2.45, 2.75) is 0 Å². The minimum absolute atomic E-state index is 0.102. The van der Waals surface area contributed by atoms with Crippen molar-refractivity contribution in [1.82, 2.24) is 0 Å². The summed E-state index contributed by atoms with van der Waals surface area (Å²) in [6.45, 7) is 0. The van der Waals surface area contributed by atoms with E-state index in [1.54, 1.807) is 0 Å². The molecule has 0 fully saturated rings. The van der Waals surface area contributed by atoms with E-state index in [-0.39, 0.29) is 25.8 Å². The Hall–Kier alpha value is 0.392. The van der Waals surface area contributed by atoms with Crippen molar-refractivity contribution in [2.75, 3.05) is 0 Å². The molecule has 0 bridgehead atoms. The van der Waals surface area contributed by atoms with Gasteiger partial charge in [0.05, 0.1) is 0 Å². The molecule has 0 radical (unpaired) electrons. The fourth-order valence-corrected chi connectivity index (χ4v) is 0. The molecule has 0 heterocycles. The molecule has 0 saturated carbocycles. The molecule has 0 aromatic carbocycles. The second-order valence-corrected chi connectivity index (χ2v) is 2.26. The van der Waals surface area contributed by atoms with Crippen LogP contribution >= 0.6 is 0 Å². The predicted molar refractivity (Wildman–Crippen MR) is 13.8 cm³/mol. The van der Waals surface area contributed by atoms with E-state index in [0.717, 1.165) is 0 Å². The Kier molecular flexibility index (Phi) is 1.85. The van der Waals surface area contributed by atoms with Crippen LogP contribution in [-0.4, -0.2) is 34.4 Å². The van der Waals surface area contributed by atoms with Crippen molar-refractivity contribution in [2.24, 2.45) is 0 Å². The van der Waals surface area contributed by atoms with Crippen LogP contribution in [0, 0.1) is 0 Å². The van der Waals surface area contributed by atoms with Gasteiger partial charge in [0.15, 0.2) is 0 Å². The topological polar surface area (TPSA) is 37.3 Å². The molecular weight excluding hydrogens is 248 g/mol. The standard InChI is InChI=1S/CHO2.Tl/c2-1-3;/h(H,2,3);. The third-order valence-electron chi connectivity index (χ3n) is 0. The fraction of sp³-hybridized carbons (Fsp3) is 0. The van der Waals surface area contributed by atoms with Gasteiger partial charge in [-0.25, -0.2) is 0 Å². The van der Waals surface area contributed by atoms with Crippen LogP contribution in [-0.2, 0) is 0 Å². The van der Waals surface area contributed by atoms with Crippen molar-refractivity contribution in [3.05, 3.63) is 0 Å². The van der Waals surface area contributed by atoms with Crippen LogP contribution in [0.3, 0.4) is 0 Å². The first-order valence-electron chi connectivity index (χ1n) is 0.716. The van der Waals surface area contributed by atoms with E-state index < -0.39 is 3.53 Å². The van der Waals surface area contributed by atoms with Gasteiger partial charge < -0.3 is 0 Å². The van der Waals surface area contributed by atoms with Gasteiger partial charge in [-0.15, -0.1) is 0 Å². The van der Waals surface area contributed by atoms with Gasteiger partial charge in [0.1, 0.15) is 0 Å². The van der Waals surface area contributed by atoms with Gasteiger partial charge in [-0.1, -0.05) is 0 Å². The van der Waals surface area contributed by atoms with E-state index >= 15 is 0 Å². The van der Waals surface area contributed by atoms with E-state index in [2.05, 4.69) is 0 Å². The molecule has 20 valence electrons. The molecule has 2 nitrogen and oxygen atoms in total. The van der Waals surface area contributed by atoms with Crippen LogP contribution in [0.5, 0.6) is 0 Å². The Morgan fingerprint density at radius 2 is 2.00 bits per heavy atom. The molecule has 1 N–H and O–H groups in total. The molecule has 0 aromatic rings. The van der Waals surface area contributed by atoms with Crippen molar-refractivity contribution in [3.63, 3.8) is 0 Å². The van der Waals surface area contributed by atoms with Gasteiger partial charge in [0.2, 0.25) is 0 Å². The molecule has 0 saturated heterocycles. The second-order valence-electron chi connectivity index (χ2n) is 0.338. The number of hydrogen-bond donors (Lipinski definition) is 1. The molecule has 3 heteroatoms. The van der Waals surface area contributed by atoms with E-state index in [0.29, 0.717) is 0 Å². The molecule has 0 amide bonds. The number of hydrogen-bond acceptors (Lipinski definition) is 1. The summed E-state index contributed by atoms with van der Waals surface area (Å²) in [4.78, 5) is 9.07. The third-order valence-corrected chi connectivity index (χ3v) is 0. The van der Waals surface area contributed by atoms with Crippen molar-refractivity contribution < 1.29 is 9.90 Å². The average Bonchev–Trinajstić information content (AvgIpc) is 0.811. The summed E-state index contributed by atoms with van der Waals surface area (Å²) in [6, 6.07) is 0. The molecule has 0 aliphatic rings. The van der Waals surface area contributed by atoms with E-state index in [1.807, 2.05) is 0 Å². The van der Waals surface area contributed by atoms with Crippen LogP contribution in [0.1, 0.15) is 0 Å². The summed E-state index contributed by atoms with van der Waals surface area (Å²) >= 11 is 0.102. The Morgan fingerprint density at radius 3 is 2.00 bits per heavy atom. The predicted octanol–water partition coefficient (Wildman–Crippen LogP) is -0.167. The number of rotatable bonds is 0. The summed E-state index contributed by atoms with van der Waals surface area (Å²) in [5, 5.41) is 7.49. The van der Waals surface area contributed by atoms with Gasteiger partial charge in [0, 0.05) is 0 Å². The van der Waals surface area contributed by atoms with Crippen LogP contribution < -0.4 is 0 Å². The maximum absolute atomic E-state index is 9.07. The van der Waals surface area contributed by atoms with Gasteiger partial charge >= 0.3 is 39.2 Å². The second kappa shape index (κ2) is 1.69. The maximum atomic E-state index is 9.07. The number of carbonyl (C=O) groups is 1. The van der Waals surface area contributed by atoms with Crippen LogP contribution in [0.4, 0.5) is 4.79 Å². The van der Waals surface area contributed by atoms with E-state index in [1.165, 1.54) is 0 Å². The zero-order valence-corrected chi connectivity index (χ0v) is 6.42. The Morgan fingerprint density at radius 1 is 2.00 bits per heavy atom. The van der Waals surface area contributed by atoms with Gasteiger partial charge in [0.25, 0.3) is 0 Å². The molecular formula is CHO2Tl. The average molecular weight is 249 g/mol. The van der Waals surface area contributed by atoms with Gasteiger partial charge in [-0.2, -0.15) is 0 Å². The van der Waals surface area contributed by atoms with E-state index in [4.69, 9.17) is 9.90 Å². The zero-order valence-electron chi connectivity index (χ0n) is 1.93. The molecule has 0 atom stereocenters. The SMILES string of the molecule is O=[C](O)[Tl]. The summed E-state index contributed by atoms with van der Waals surface area (Å²) in [5.41, 5.74) is 0. The quantitative estimate of drug-likeness (QED) is 0.606. The van der Waals surface area contributed by atoms with Crippen molar-refractivity contribution in [1.29, 1.82) is 0 Å². The monoisotopic (exact) mass is 250 g/mol. The van der Waals surface area contributed by atoms with Crippen LogP contribution in [0.15, 0.2) is 0 Å². The molecule has 0 aliphatic carbocycles. The molecule has 4 heavy (non-hydrogen) atoms. The molecule has 0 aromatic heterocycles. The molecule has 0 spiro atoms. The zero-order chi connectivity index (χ0) is 3.58. The first-order valence-corrected chi connectivity index (χ1v) is 2.96. The Bertz CT molecular complexity index is 29.0. The fourth-order valence-electron chi connectivity index (χ4n) is 0.